The number of sulfonamides is 1. The Morgan fingerprint density at radius 2 is 1.34 bits per heavy atom. The van der Waals surface area contributed by atoms with Crippen LogP contribution in [-0.2, 0) is 32.6 Å². The Bertz CT molecular complexity index is 1690. The van der Waals surface area contributed by atoms with Crippen molar-refractivity contribution in [3.63, 3.8) is 0 Å². The van der Waals surface area contributed by atoms with Crippen LogP contribution in [0.1, 0.15) is 40.3 Å². The number of benzene rings is 4. The van der Waals surface area contributed by atoms with Crippen molar-refractivity contribution in [1.82, 2.24) is 10.2 Å². The van der Waals surface area contributed by atoms with Crippen LogP contribution in [0.4, 0.5) is 5.69 Å². The van der Waals surface area contributed by atoms with Crippen molar-refractivity contribution in [2.24, 2.45) is 0 Å². The van der Waals surface area contributed by atoms with Crippen LogP contribution in [-0.4, -0.2) is 44.3 Å². The smallest absolute Gasteiger partial charge is 0.264 e. The van der Waals surface area contributed by atoms with Gasteiger partial charge in [-0.1, -0.05) is 95.6 Å². The first kappa shape index (κ1) is 32.5. The second kappa shape index (κ2) is 14.4. The summed E-state index contributed by atoms with van der Waals surface area (Å²) in [6, 6.07) is 28.5. The molecule has 0 spiro atoms. The first-order chi connectivity index (χ1) is 21.0. The molecule has 1 atom stereocenters. The van der Waals surface area contributed by atoms with Crippen LogP contribution in [0, 0.1) is 27.7 Å². The number of carbonyl (C=O) groups is 2. The van der Waals surface area contributed by atoms with Crippen molar-refractivity contribution in [3.8, 4) is 0 Å². The van der Waals surface area contributed by atoms with Gasteiger partial charge in [-0.25, -0.2) is 8.42 Å². The van der Waals surface area contributed by atoms with E-state index in [1.807, 2.05) is 101 Å². The lowest BCUT2D eigenvalue weighted by Crippen LogP contribution is -2.53. The summed E-state index contributed by atoms with van der Waals surface area (Å²) in [4.78, 5) is 29.7. The highest BCUT2D eigenvalue weighted by Gasteiger charge is 2.35. The lowest BCUT2D eigenvalue weighted by molar-refractivity contribution is -0.140. The molecule has 2 amide bonds. The van der Waals surface area contributed by atoms with Gasteiger partial charge in [0.25, 0.3) is 10.0 Å². The number of rotatable bonds is 12. The second-order valence-corrected chi connectivity index (χ2v) is 13.1. The fourth-order valence-electron chi connectivity index (χ4n) is 5.17. The van der Waals surface area contributed by atoms with E-state index in [0.717, 1.165) is 33.4 Å². The standard InChI is InChI=1S/C36H41N3O4S/c1-6-37-36(41)34(23-30-10-8-7-9-11-30)38(24-31-17-12-26(2)13-18-31)35(40)25-39(33-21-16-28(4)22-29(33)5)44(42,43)32-19-14-27(3)15-20-32/h7-22,34H,6,23-25H2,1-5H3,(H,37,41). The highest BCUT2D eigenvalue weighted by Crippen LogP contribution is 2.29. The normalized spacial score (nSPS) is 11.9. The Kier molecular flexibility index (Phi) is 10.6. The molecule has 0 aliphatic rings. The predicted molar refractivity (Wildman–Crippen MR) is 176 cm³/mol. The first-order valence-electron chi connectivity index (χ1n) is 14.8. The van der Waals surface area contributed by atoms with E-state index >= 15 is 0 Å². The maximum absolute atomic E-state index is 14.5. The fraction of sp³-hybridized carbons (Fsp3) is 0.278. The maximum atomic E-state index is 14.5. The molecule has 0 saturated heterocycles. The molecule has 7 nitrogen and oxygen atoms in total. The third-order valence-electron chi connectivity index (χ3n) is 7.60. The van der Waals surface area contributed by atoms with Gasteiger partial charge in [-0.3, -0.25) is 13.9 Å². The second-order valence-electron chi connectivity index (χ2n) is 11.2. The monoisotopic (exact) mass is 611 g/mol. The van der Waals surface area contributed by atoms with E-state index in [-0.39, 0.29) is 23.8 Å². The van der Waals surface area contributed by atoms with Gasteiger partial charge in [0, 0.05) is 19.5 Å². The Balaban J connectivity index is 1.81. The number of hydrogen-bond acceptors (Lipinski definition) is 4. The summed E-state index contributed by atoms with van der Waals surface area (Å²) in [6.45, 7) is 9.53. The van der Waals surface area contributed by atoms with E-state index in [2.05, 4.69) is 5.32 Å². The van der Waals surface area contributed by atoms with Gasteiger partial charge in [0.15, 0.2) is 0 Å². The fourth-order valence-corrected chi connectivity index (χ4v) is 6.65. The average molecular weight is 612 g/mol. The minimum absolute atomic E-state index is 0.0884. The van der Waals surface area contributed by atoms with Crippen molar-refractivity contribution in [1.29, 1.82) is 0 Å². The van der Waals surface area contributed by atoms with Crippen LogP contribution in [0.5, 0.6) is 0 Å². The number of nitrogens with one attached hydrogen (secondary N) is 1. The van der Waals surface area contributed by atoms with Crippen molar-refractivity contribution < 1.29 is 18.0 Å². The van der Waals surface area contributed by atoms with E-state index in [9.17, 15) is 18.0 Å². The van der Waals surface area contributed by atoms with E-state index in [1.54, 1.807) is 30.3 Å². The zero-order chi connectivity index (χ0) is 31.9. The van der Waals surface area contributed by atoms with Gasteiger partial charge in [0.05, 0.1) is 10.6 Å². The van der Waals surface area contributed by atoms with Crippen LogP contribution < -0.4 is 9.62 Å². The van der Waals surface area contributed by atoms with Crippen molar-refractivity contribution in [2.45, 2.75) is 58.5 Å². The van der Waals surface area contributed by atoms with Gasteiger partial charge in [-0.05, 0) is 69.5 Å². The molecule has 0 heterocycles. The summed E-state index contributed by atoms with van der Waals surface area (Å²) >= 11 is 0. The van der Waals surface area contributed by atoms with Crippen LogP contribution >= 0.6 is 0 Å². The molecule has 0 aliphatic carbocycles. The predicted octanol–water partition coefficient (Wildman–Crippen LogP) is 5.89. The van der Waals surface area contributed by atoms with E-state index < -0.39 is 28.5 Å². The zero-order valence-corrected chi connectivity index (χ0v) is 26.9. The highest BCUT2D eigenvalue weighted by atomic mass is 32.2. The molecule has 0 fully saturated rings. The number of aryl methyl sites for hydroxylation is 4. The van der Waals surface area contributed by atoms with Crippen molar-refractivity contribution >= 4 is 27.5 Å². The summed E-state index contributed by atoms with van der Waals surface area (Å²) in [6.07, 6.45) is 0.276. The molecule has 4 aromatic rings. The lowest BCUT2D eigenvalue weighted by Gasteiger charge is -2.34. The Morgan fingerprint density at radius 1 is 0.750 bits per heavy atom. The Morgan fingerprint density at radius 3 is 1.93 bits per heavy atom. The highest BCUT2D eigenvalue weighted by molar-refractivity contribution is 7.92. The van der Waals surface area contributed by atoms with Crippen LogP contribution in [0.25, 0.3) is 0 Å². The molecule has 4 aromatic carbocycles. The third kappa shape index (κ3) is 7.94. The van der Waals surface area contributed by atoms with Gasteiger partial charge < -0.3 is 10.2 Å². The molecule has 4 rings (SSSR count). The third-order valence-corrected chi connectivity index (χ3v) is 9.38. The number of amides is 2. The van der Waals surface area contributed by atoms with Gasteiger partial charge in [0.2, 0.25) is 11.8 Å². The summed E-state index contributed by atoms with van der Waals surface area (Å²) in [5.41, 5.74) is 5.84. The summed E-state index contributed by atoms with van der Waals surface area (Å²) in [5, 5.41) is 2.89. The molecule has 44 heavy (non-hydrogen) atoms. The largest absolute Gasteiger partial charge is 0.355 e. The molecule has 8 heteroatoms. The van der Waals surface area contributed by atoms with Gasteiger partial charge in [0.1, 0.15) is 12.6 Å². The van der Waals surface area contributed by atoms with E-state index in [4.69, 9.17) is 0 Å². The van der Waals surface area contributed by atoms with E-state index in [0.29, 0.717) is 12.2 Å². The van der Waals surface area contributed by atoms with E-state index in [1.165, 1.54) is 9.21 Å². The lowest BCUT2D eigenvalue weighted by atomic mass is 10.0. The van der Waals surface area contributed by atoms with Crippen LogP contribution in [0.15, 0.2) is 102 Å². The summed E-state index contributed by atoms with van der Waals surface area (Å²) < 4.78 is 29.6. The van der Waals surface area contributed by atoms with Gasteiger partial charge in [-0.15, -0.1) is 0 Å². The molecule has 0 radical (unpaired) electrons. The molecular weight excluding hydrogens is 570 g/mol. The average Bonchev–Trinajstić information content (AvgIpc) is 2.99. The molecule has 1 N–H and O–H groups in total. The molecule has 0 bridgehead atoms. The molecular formula is C36H41N3O4S. The topological polar surface area (TPSA) is 86.8 Å². The minimum Gasteiger partial charge on any atom is -0.355 e. The number of carbonyl (C=O) groups excluding carboxylic acids is 2. The Hall–Kier alpha value is -4.43. The number of anilines is 1. The first-order valence-corrected chi connectivity index (χ1v) is 16.3. The summed E-state index contributed by atoms with van der Waals surface area (Å²) in [7, 11) is -4.14. The molecule has 0 aliphatic heterocycles. The number of hydrogen-bond donors (Lipinski definition) is 1. The van der Waals surface area contributed by atoms with Gasteiger partial charge in [-0.2, -0.15) is 0 Å². The quantitative estimate of drug-likeness (QED) is 0.216. The molecule has 0 saturated carbocycles. The van der Waals surface area contributed by atoms with Crippen LogP contribution in [0.3, 0.4) is 0 Å². The SMILES string of the molecule is CCNC(=O)C(Cc1ccccc1)N(Cc1ccc(C)cc1)C(=O)CN(c1ccc(C)cc1C)S(=O)(=O)c1ccc(C)cc1. The zero-order valence-electron chi connectivity index (χ0n) is 26.1. The van der Waals surface area contributed by atoms with Gasteiger partial charge >= 0.3 is 0 Å². The van der Waals surface area contributed by atoms with Crippen LogP contribution in [0.2, 0.25) is 0 Å². The minimum atomic E-state index is -4.14. The molecule has 230 valence electrons. The van der Waals surface area contributed by atoms with Crippen molar-refractivity contribution in [2.75, 3.05) is 17.4 Å². The molecule has 1 unspecified atom stereocenters. The maximum Gasteiger partial charge on any atom is 0.264 e. The molecule has 0 aromatic heterocycles. The Labute approximate surface area is 261 Å². The number of likely N-dealkylation sites (N-methyl/N-ethyl adjacent to an activating group) is 1. The number of nitrogens with zero attached hydrogens (tertiary/aromatic N) is 2. The summed E-state index contributed by atoms with van der Waals surface area (Å²) in [5.74, 6) is -0.773. The van der Waals surface area contributed by atoms with Crippen molar-refractivity contribution in [3.05, 3.63) is 130 Å².